The van der Waals surface area contributed by atoms with Gasteiger partial charge in [0.15, 0.2) is 0 Å². The van der Waals surface area contributed by atoms with Crippen LogP contribution in [0.15, 0.2) is 48.8 Å². The average molecular weight is 503 g/mol. The zero-order chi connectivity index (χ0) is 24.6. The lowest BCUT2D eigenvalue weighted by Crippen LogP contribution is -2.58. The summed E-state index contributed by atoms with van der Waals surface area (Å²) in [6, 6.07) is 10.1. The van der Waals surface area contributed by atoms with E-state index in [1.165, 1.54) is 0 Å². The van der Waals surface area contributed by atoms with Gasteiger partial charge in [0.25, 0.3) is 0 Å². The normalized spacial score (nSPS) is 24.6. The fourth-order valence-electron chi connectivity index (χ4n) is 4.48. The molecule has 2 fully saturated rings. The Kier molecular flexibility index (Phi) is 8.92. The highest BCUT2D eigenvalue weighted by Crippen LogP contribution is 2.28. The molecule has 9 nitrogen and oxygen atoms in total. The summed E-state index contributed by atoms with van der Waals surface area (Å²) in [4.78, 5) is 31.2. The number of hydrogen-bond donors (Lipinski definition) is 3. The van der Waals surface area contributed by atoms with Gasteiger partial charge in [-0.1, -0.05) is 11.6 Å². The zero-order valence-electron chi connectivity index (χ0n) is 19.4. The SMILES string of the molecule is O=C(C[C@H]1CC[C@H]2[C@@H](COC[C@@H](O)CN2C(=O)Nc2ccc(Cl)cc2)O1)NCCc1ccncc1. The van der Waals surface area contributed by atoms with Crippen LogP contribution in [0.4, 0.5) is 10.5 Å². The minimum atomic E-state index is -0.796. The van der Waals surface area contributed by atoms with Crippen molar-refractivity contribution in [3.63, 3.8) is 0 Å². The summed E-state index contributed by atoms with van der Waals surface area (Å²) in [6.45, 7) is 1.02. The Labute approximate surface area is 209 Å². The first-order chi connectivity index (χ1) is 17.0. The van der Waals surface area contributed by atoms with Crippen LogP contribution in [0.3, 0.4) is 0 Å². The summed E-state index contributed by atoms with van der Waals surface area (Å²) in [7, 11) is 0. The van der Waals surface area contributed by atoms with Crippen LogP contribution in [0, 0.1) is 0 Å². The molecule has 2 saturated heterocycles. The molecule has 1 aromatic heterocycles. The van der Waals surface area contributed by atoms with E-state index in [1.807, 2.05) is 12.1 Å². The molecule has 10 heteroatoms. The lowest BCUT2D eigenvalue weighted by atomic mass is 9.95. The first-order valence-electron chi connectivity index (χ1n) is 11.9. The first kappa shape index (κ1) is 25.4. The molecule has 3 heterocycles. The number of anilines is 1. The van der Waals surface area contributed by atoms with E-state index in [1.54, 1.807) is 41.6 Å². The Morgan fingerprint density at radius 3 is 2.66 bits per heavy atom. The quantitative estimate of drug-likeness (QED) is 0.559. The maximum absolute atomic E-state index is 13.1. The number of ether oxygens (including phenoxy) is 2. The summed E-state index contributed by atoms with van der Waals surface area (Å²) >= 11 is 5.94. The highest BCUT2D eigenvalue weighted by molar-refractivity contribution is 6.30. The first-order valence-corrected chi connectivity index (χ1v) is 12.3. The van der Waals surface area contributed by atoms with Crippen molar-refractivity contribution >= 4 is 29.2 Å². The van der Waals surface area contributed by atoms with Gasteiger partial charge in [-0.25, -0.2) is 4.79 Å². The number of halogens is 1. The number of carbonyl (C=O) groups is 2. The van der Waals surface area contributed by atoms with Gasteiger partial charge in [-0.15, -0.1) is 0 Å². The Bertz CT molecular complexity index is 978. The molecule has 0 saturated carbocycles. The number of aliphatic hydroxyl groups is 1. The van der Waals surface area contributed by atoms with E-state index in [0.717, 1.165) is 12.0 Å². The third kappa shape index (κ3) is 7.38. The van der Waals surface area contributed by atoms with Gasteiger partial charge in [-0.2, -0.15) is 0 Å². The smallest absolute Gasteiger partial charge is 0.322 e. The predicted molar refractivity (Wildman–Crippen MR) is 131 cm³/mol. The minimum absolute atomic E-state index is 0.0676. The summed E-state index contributed by atoms with van der Waals surface area (Å²) in [6.07, 6.45) is 4.28. The number of amides is 3. The third-order valence-corrected chi connectivity index (χ3v) is 6.49. The molecule has 2 aliphatic heterocycles. The van der Waals surface area contributed by atoms with Crippen LogP contribution in [0.25, 0.3) is 0 Å². The number of hydrogen-bond acceptors (Lipinski definition) is 6. The van der Waals surface area contributed by atoms with Crippen LogP contribution >= 0.6 is 11.6 Å². The summed E-state index contributed by atoms with van der Waals surface area (Å²) in [5, 5.41) is 16.7. The number of urea groups is 1. The van der Waals surface area contributed by atoms with E-state index in [0.29, 0.717) is 30.1 Å². The van der Waals surface area contributed by atoms with E-state index in [9.17, 15) is 14.7 Å². The molecule has 4 atom stereocenters. The van der Waals surface area contributed by atoms with Crippen LogP contribution in [-0.4, -0.2) is 77.6 Å². The van der Waals surface area contributed by atoms with Crippen molar-refractivity contribution in [2.75, 3.05) is 31.6 Å². The number of aromatic nitrogens is 1. The van der Waals surface area contributed by atoms with Gasteiger partial charge < -0.3 is 30.1 Å². The monoisotopic (exact) mass is 502 g/mol. The number of fused-ring (bicyclic) bond motifs is 1. The molecule has 2 aromatic rings. The third-order valence-electron chi connectivity index (χ3n) is 6.24. The van der Waals surface area contributed by atoms with Gasteiger partial charge in [0, 0.05) is 29.6 Å². The molecule has 0 spiro atoms. The second kappa shape index (κ2) is 12.3. The van der Waals surface area contributed by atoms with Crippen LogP contribution in [0.1, 0.15) is 24.8 Å². The maximum atomic E-state index is 13.1. The molecule has 0 aliphatic carbocycles. The van der Waals surface area contributed by atoms with E-state index in [2.05, 4.69) is 15.6 Å². The average Bonchev–Trinajstić information content (AvgIpc) is 2.84. The molecule has 0 radical (unpaired) electrons. The van der Waals surface area contributed by atoms with E-state index in [-0.39, 0.29) is 56.4 Å². The number of pyridine rings is 1. The van der Waals surface area contributed by atoms with Crippen molar-refractivity contribution in [3.05, 3.63) is 59.4 Å². The van der Waals surface area contributed by atoms with Gasteiger partial charge in [0.05, 0.1) is 44.4 Å². The van der Waals surface area contributed by atoms with Crippen molar-refractivity contribution < 1.29 is 24.2 Å². The maximum Gasteiger partial charge on any atom is 0.322 e. The Balaban J connectivity index is 1.32. The second-order valence-electron chi connectivity index (χ2n) is 8.88. The fourth-order valence-corrected chi connectivity index (χ4v) is 4.60. The van der Waals surface area contributed by atoms with E-state index >= 15 is 0 Å². The summed E-state index contributed by atoms with van der Waals surface area (Å²) < 4.78 is 11.9. The van der Waals surface area contributed by atoms with Crippen LogP contribution < -0.4 is 10.6 Å². The number of aliphatic hydroxyl groups excluding tert-OH is 1. The summed E-state index contributed by atoms with van der Waals surface area (Å²) in [5.74, 6) is -0.0676. The van der Waals surface area contributed by atoms with Gasteiger partial charge >= 0.3 is 6.03 Å². The summed E-state index contributed by atoms with van der Waals surface area (Å²) in [5.41, 5.74) is 1.73. The highest BCUT2D eigenvalue weighted by atomic mass is 35.5. The Morgan fingerprint density at radius 1 is 1.11 bits per heavy atom. The second-order valence-corrected chi connectivity index (χ2v) is 9.32. The molecule has 0 bridgehead atoms. The highest BCUT2D eigenvalue weighted by Gasteiger charge is 2.40. The molecular weight excluding hydrogens is 472 g/mol. The largest absolute Gasteiger partial charge is 0.389 e. The van der Waals surface area contributed by atoms with Crippen molar-refractivity contribution in [2.45, 2.75) is 50.0 Å². The molecular formula is C25H31ClN4O5. The zero-order valence-corrected chi connectivity index (χ0v) is 20.2. The number of β-amino-alcohol motifs (C(OH)–C–C–N with tert-alkyl or cyclic N) is 1. The van der Waals surface area contributed by atoms with Crippen LogP contribution in [0.2, 0.25) is 5.02 Å². The standard InChI is InChI=1S/C25H31ClN4O5/c26-18-1-3-19(4-2-18)29-25(33)30-14-20(31)15-34-16-23-22(30)6-5-21(35-23)13-24(32)28-12-9-17-7-10-27-11-8-17/h1-4,7-8,10-11,20-23,31H,5-6,9,12-16H2,(H,28,32)(H,29,33)/t20-,21+,22-,23+/m0/s1. The van der Waals surface area contributed by atoms with Gasteiger partial charge in [-0.3, -0.25) is 9.78 Å². The van der Waals surface area contributed by atoms with Gasteiger partial charge in [-0.05, 0) is 61.2 Å². The number of nitrogens with one attached hydrogen (secondary N) is 2. The topological polar surface area (TPSA) is 113 Å². The molecule has 3 amide bonds. The minimum Gasteiger partial charge on any atom is -0.389 e. The number of benzene rings is 1. The number of nitrogens with zero attached hydrogens (tertiary/aromatic N) is 2. The number of rotatable bonds is 6. The molecule has 1 aromatic carbocycles. The van der Waals surface area contributed by atoms with E-state index in [4.69, 9.17) is 21.1 Å². The molecule has 3 N–H and O–H groups in total. The van der Waals surface area contributed by atoms with E-state index < -0.39 is 6.10 Å². The fraction of sp³-hybridized carbons (Fsp3) is 0.480. The Morgan fingerprint density at radius 2 is 1.89 bits per heavy atom. The molecule has 4 rings (SSSR count). The predicted octanol–water partition coefficient (Wildman–Crippen LogP) is 2.63. The molecule has 2 aliphatic rings. The van der Waals surface area contributed by atoms with Crippen molar-refractivity contribution in [3.8, 4) is 0 Å². The molecule has 35 heavy (non-hydrogen) atoms. The molecule has 188 valence electrons. The van der Waals surface area contributed by atoms with Crippen LogP contribution in [0.5, 0.6) is 0 Å². The van der Waals surface area contributed by atoms with Crippen molar-refractivity contribution in [1.29, 1.82) is 0 Å². The number of carbonyl (C=O) groups excluding carboxylic acids is 2. The van der Waals surface area contributed by atoms with Crippen molar-refractivity contribution in [2.24, 2.45) is 0 Å². The van der Waals surface area contributed by atoms with Gasteiger partial charge in [0.2, 0.25) is 5.91 Å². The van der Waals surface area contributed by atoms with Gasteiger partial charge in [0.1, 0.15) is 6.10 Å². The Hall–Kier alpha value is -2.72. The van der Waals surface area contributed by atoms with Crippen molar-refractivity contribution in [1.82, 2.24) is 15.2 Å². The van der Waals surface area contributed by atoms with Crippen LogP contribution in [-0.2, 0) is 20.7 Å². The lowest BCUT2D eigenvalue weighted by Gasteiger charge is -2.44. The lowest BCUT2D eigenvalue weighted by molar-refractivity contribution is -0.149. The molecule has 0 unspecified atom stereocenters.